The number of carbonyl (C=O) groups is 1. The summed E-state index contributed by atoms with van der Waals surface area (Å²) in [5, 5.41) is 13.9. The lowest BCUT2D eigenvalue weighted by Crippen LogP contribution is -2.45. The van der Waals surface area contributed by atoms with E-state index in [1.165, 1.54) is 225 Å². The smallest absolute Gasteiger partial charge is 0.387 e. The Labute approximate surface area is 424 Å². The van der Waals surface area contributed by atoms with Crippen molar-refractivity contribution in [1.29, 1.82) is 0 Å². The highest BCUT2D eigenvalue weighted by molar-refractivity contribution is 7.47. The fourth-order valence-electron chi connectivity index (χ4n) is 8.98. The summed E-state index contributed by atoms with van der Waals surface area (Å²) in [6, 6.07) is -0.849. The minimum absolute atomic E-state index is 0.0614. The zero-order valence-electron chi connectivity index (χ0n) is 46.1. The third kappa shape index (κ3) is 52.8. The molecule has 8 nitrogen and oxygen atoms in total. The maximum absolute atomic E-state index is 12.9. The summed E-state index contributed by atoms with van der Waals surface area (Å²) in [6.07, 6.45) is 64.4. The van der Waals surface area contributed by atoms with Gasteiger partial charge in [0, 0.05) is 6.42 Å². The SMILES string of the molecule is CCCCCCC/C=C\CCCCCCCC(=O)NC(COP(=O)(O)OCC[N+](C)(C)C)C(O)/C=C/CCCCCCCCCCCCCCCCCCCCCCCCCCCCCCCC. The molecule has 1 amide bonds. The number of unbranched alkanes of at least 4 members (excludes halogenated alkanes) is 40. The van der Waals surface area contributed by atoms with Gasteiger partial charge in [0.15, 0.2) is 0 Å². The number of amides is 1. The van der Waals surface area contributed by atoms with E-state index in [9.17, 15) is 19.4 Å². The quantitative estimate of drug-likeness (QED) is 0.0243. The van der Waals surface area contributed by atoms with Gasteiger partial charge >= 0.3 is 7.82 Å². The fraction of sp³-hybridized carbons (Fsp3) is 0.915. The van der Waals surface area contributed by atoms with Crippen LogP contribution in [0.5, 0.6) is 0 Å². The molecule has 0 fully saturated rings. The number of aliphatic hydroxyl groups is 1. The molecule has 0 heterocycles. The summed E-state index contributed by atoms with van der Waals surface area (Å²) in [7, 11) is 1.58. The molecule has 0 aliphatic rings. The predicted octanol–water partition coefficient (Wildman–Crippen LogP) is 18.0. The largest absolute Gasteiger partial charge is 0.472 e. The highest BCUT2D eigenvalue weighted by Crippen LogP contribution is 2.43. The van der Waals surface area contributed by atoms with Gasteiger partial charge < -0.3 is 19.8 Å². The standard InChI is InChI=1S/C59H117N2O6P/c1-6-8-10-12-14-16-18-20-22-23-24-25-26-27-28-29-30-31-32-33-34-35-36-37-38-39-40-42-44-46-48-50-52-58(62)57(56-67-68(64,65)66-55-54-61(3,4)5)60-59(63)53-51-49-47-45-43-41-21-19-17-15-13-11-9-7-2/h19,21,50,52,57-58,62H,6-18,20,22-49,51,53-56H2,1-5H3,(H-,60,63,64,65)/p+1/b21-19-,52-50+. The Bertz CT molecular complexity index is 1160. The van der Waals surface area contributed by atoms with Crippen molar-refractivity contribution < 1.29 is 32.9 Å². The maximum Gasteiger partial charge on any atom is 0.472 e. The summed E-state index contributed by atoms with van der Waals surface area (Å²) in [5.41, 5.74) is 0. The van der Waals surface area contributed by atoms with Gasteiger partial charge in [-0.2, -0.15) is 0 Å². The van der Waals surface area contributed by atoms with Gasteiger partial charge in [0.2, 0.25) is 5.91 Å². The minimum Gasteiger partial charge on any atom is -0.387 e. The Morgan fingerprint density at radius 2 is 0.794 bits per heavy atom. The van der Waals surface area contributed by atoms with E-state index >= 15 is 0 Å². The van der Waals surface area contributed by atoms with Crippen LogP contribution in [0.1, 0.15) is 296 Å². The van der Waals surface area contributed by atoms with Crippen molar-refractivity contribution in [2.75, 3.05) is 40.9 Å². The van der Waals surface area contributed by atoms with Gasteiger partial charge in [-0.1, -0.05) is 269 Å². The summed E-state index contributed by atoms with van der Waals surface area (Å²) in [6.45, 7) is 4.83. The molecule has 0 aliphatic heterocycles. The Balaban J connectivity index is 4.05. The van der Waals surface area contributed by atoms with Crippen LogP contribution in [0.3, 0.4) is 0 Å². The average molecular weight is 983 g/mol. The molecule has 9 heteroatoms. The van der Waals surface area contributed by atoms with Gasteiger partial charge in [-0.05, 0) is 44.9 Å². The number of likely N-dealkylation sites (N-methyl/N-ethyl adjacent to an activating group) is 1. The van der Waals surface area contributed by atoms with Gasteiger partial charge in [-0.3, -0.25) is 13.8 Å². The lowest BCUT2D eigenvalue weighted by molar-refractivity contribution is -0.870. The predicted molar refractivity (Wildman–Crippen MR) is 295 cm³/mol. The number of quaternary nitrogens is 1. The highest BCUT2D eigenvalue weighted by Gasteiger charge is 2.27. The van der Waals surface area contributed by atoms with E-state index in [1.807, 2.05) is 27.2 Å². The Hall–Kier alpha value is -1.02. The van der Waals surface area contributed by atoms with E-state index in [2.05, 4.69) is 31.3 Å². The van der Waals surface area contributed by atoms with E-state index in [-0.39, 0.29) is 19.1 Å². The fourth-order valence-corrected chi connectivity index (χ4v) is 9.72. The van der Waals surface area contributed by atoms with Crippen molar-refractivity contribution in [3.63, 3.8) is 0 Å². The molecule has 0 aromatic carbocycles. The van der Waals surface area contributed by atoms with Crippen molar-refractivity contribution >= 4 is 13.7 Å². The Morgan fingerprint density at radius 3 is 1.13 bits per heavy atom. The molecule has 0 saturated carbocycles. The number of rotatable bonds is 55. The first-order valence-electron chi connectivity index (χ1n) is 29.7. The highest BCUT2D eigenvalue weighted by atomic mass is 31.2. The summed E-state index contributed by atoms with van der Waals surface area (Å²) < 4.78 is 23.7. The van der Waals surface area contributed by atoms with Crippen LogP contribution in [0, 0.1) is 0 Å². The normalized spacial score (nSPS) is 14.0. The van der Waals surface area contributed by atoms with Crippen LogP contribution in [-0.4, -0.2) is 73.4 Å². The molecule has 68 heavy (non-hydrogen) atoms. The summed E-state index contributed by atoms with van der Waals surface area (Å²) >= 11 is 0. The zero-order chi connectivity index (χ0) is 49.9. The van der Waals surface area contributed by atoms with Crippen molar-refractivity contribution in [2.45, 2.75) is 309 Å². The molecule has 3 unspecified atom stereocenters. The van der Waals surface area contributed by atoms with Crippen molar-refractivity contribution in [2.24, 2.45) is 0 Å². The molecule has 3 N–H and O–H groups in total. The van der Waals surface area contributed by atoms with Crippen molar-refractivity contribution in [1.82, 2.24) is 5.32 Å². The van der Waals surface area contributed by atoms with E-state index in [4.69, 9.17) is 9.05 Å². The molecule has 0 spiro atoms. The first kappa shape index (κ1) is 67.0. The van der Waals surface area contributed by atoms with E-state index in [1.54, 1.807) is 6.08 Å². The number of nitrogens with zero attached hydrogens (tertiary/aromatic N) is 1. The number of phosphoric ester groups is 1. The van der Waals surface area contributed by atoms with Gasteiger partial charge in [0.25, 0.3) is 0 Å². The molecule has 0 radical (unpaired) electrons. The van der Waals surface area contributed by atoms with Gasteiger partial charge in [-0.15, -0.1) is 0 Å². The minimum atomic E-state index is -4.34. The third-order valence-corrected chi connectivity index (χ3v) is 14.6. The second-order valence-electron chi connectivity index (χ2n) is 21.7. The second kappa shape index (κ2) is 50.9. The number of phosphoric acid groups is 1. The van der Waals surface area contributed by atoms with Crippen LogP contribution in [-0.2, 0) is 18.4 Å². The lowest BCUT2D eigenvalue weighted by atomic mass is 10.0. The van der Waals surface area contributed by atoms with Crippen LogP contribution in [0.15, 0.2) is 24.3 Å². The van der Waals surface area contributed by atoms with Crippen LogP contribution in [0.2, 0.25) is 0 Å². The van der Waals surface area contributed by atoms with Crippen LogP contribution >= 0.6 is 7.82 Å². The van der Waals surface area contributed by atoms with Crippen molar-refractivity contribution in [3.8, 4) is 0 Å². The Morgan fingerprint density at radius 1 is 0.485 bits per heavy atom. The molecule has 0 aliphatic carbocycles. The number of aliphatic hydroxyl groups excluding tert-OH is 1. The molecule has 0 aromatic heterocycles. The topological polar surface area (TPSA) is 105 Å². The second-order valence-corrected chi connectivity index (χ2v) is 23.2. The first-order chi connectivity index (χ1) is 33.0. The molecule has 404 valence electrons. The number of hydrogen-bond donors (Lipinski definition) is 3. The van der Waals surface area contributed by atoms with Crippen LogP contribution in [0.4, 0.5) is 0 Å². The number of carbonyl (C=O) groups excluding carboxylic acids is 1. The van der Waals surface area contributed by atoms with Gasteiger partial charge in [0.05, 0.1) is 39.9 Å². The molecule has 3 atom stereocenters. The molecular weight excluding hydrogens is 864 g/mol. The molecule has 0 saturated heterocycles. The number of nitrogens with one attached hydrogen (secondary N) is 1. The summed E-state index contributed by atoms with van der Waals surface area (Å²) in [4.78, 5) is 23.2. The van der Waals surface area contributed by atoms with Gasteiger partial charge in [-0.25, -0.2) is 4.57 Å². The molecular formula is C59H118N2O6P+. The van der Waals surface area contributed by atoms with E-state index < -0.39 is 20.0 Å². The van der Waals surface area contributed by atoms with Crippen molar-refractivity contribution in [3.05, 3.63) is 24.3 Å². The molecule has 0 rings (SSSR count). The number of hydrogen-bond acceptors (Lipinski definition) is 5. The molecule has 0 bridgehead atoms. The van der Waals surface area contributed by atoms with Crippen LogP contribution in [0.25, 0.3) is 0 Å². The summed E-state index contributed by atoms with van der Waals surface area (Å²) in [5.74, 6) is -0.183. The third-order valence-electron chi connectivity index (χ3n) is 13.7. The zero-order valence-corrected chi connectivity index (χ0v) is 47.0. The maximum atomic E-state index is 12.9. The first-order valence-corrected chi connectivity index (χ1v) is 31.2. The number of allylic oxidation sites excluding steroid dienone is 3. The van der Waals surface area contributed by atoms with E-state index in [0.29, 0.717) is 17.4 Å². The Kier molecular flexibility index (Phi) is 50.1. The van der Waals surface area contributed by atoms with E-state index in [0.717, 1.165) is 51.4 Å². The van der Waals surface area contributed by atoms with Crippen LogP contribution < -0.4 is 5.32 Å². The average Bonchev–Trinajstić information content (AvgIpc) is 3.30. The molecule has 0 aromatic rings. The lowest BCUT2D eigenvalue weighted by Gasteiger charge is -2.25. The monoisotopic (exact) mass is 982 g/mol. The van der Waals surface area contributed by atoms with Gasteiger partial charge in [0.1, 0.15) is 13.2 Å².